The standard InChI is InChI=1S/C16H27NO4/c1-16(2,10-12-3-4-12)11-13(15(19)20)9-14(18)17-5-7-21-8-6-17/h12-13H,3-11H2,1-2H3,(H,19,20)/t13-/m0/s1. The molecule has 1 atom stereocenters. The van der Waals surface area contributed by atoms with E-state index in [0.717, 1.165) is 12.3 Å². The maximum atomic E-state index is 12.2. The van der Waals surface area contributed by atoms with Crippen molar-refractivity contribution < 1.29 is 19.4 Å². The summed E-state index contributed by atoms with van der Waals surface area (Å²) >= 11 is 0. The lowest BCUT2D eigenvalue weighted by molar-refractivity contribution is -0.148. The van der Waals surface area contributed by atoms with E-state index in [1.807, 2.05) is 0 Å². The molecular formula is C16H27NO4. The van der Waals surface area contributed by atoms with Gasteiger partial charge in [0, 0.05) is 19.5 Å². The van der Waals surface area contributed by atoms with Gasteiger partial charge in [-0.1, -0.05) is 26.7 Å². The van der Waals surface area contributed by atoms with E-state index in [9.17, 15) is 14.7 Å². The van der Waals surface area contributed by atoms with Crippen LogP contribution < -0.4 is 0 Å². The molecule has 0 aromatic rings. The number of nitrogens with zero attached hydrogens (tertiary/aromatic N) is 1. The van der Waals surface area contributed by atoms with Crippen molar-refractivity contribution in [3.05, 3.63) is 0 Å². The summed E-state index contributed by atoms with van der Waals surface area (Å²) in [6.07, 6.45) is 4.31. The Bertz CT molecular complexity index is 384. The first-order valence-corrected chi connectivity index (χ1v) is 7.96. The Hall–Kier alpha value is -1.10. The molecule has 0 spiro atoms. The minimum Gasteiger partial charge on any atom is -0.481 e. The van der Waals surface area contributed by atoms with Gasteiger partial charge in [-0.2, -0.15) is 0 Å². The second-order valence-electron chi connectivity index (χ2n) is 7.25. The monoisotopic (exact) mass is 297 g/mol. The van der Waals surface area contributed by atoms with E-state index < -0.39 is 11.9 Å². The quantitative estimate of drug-likeness (QED) is 0.782. The van der Waals surface area contributed by atoms with Crippen LogP contribution >= 0.6 is 0 Å². The molecule has 5 nitrogen and oxygen atoms in total. The maximum absolute atomic E-state index is 12.2. The third-order valence-corrected chi connectivity index (χ3v) is 4.47. The van der Waals surface area contributed by atoms with Crippen LogP contribution in [0.4, 0.5) is 0 Å². The zero-order chi connectivity index (χ0) is 15.5. The van der Waals surface area contributed by atoms with Gasteiger partial charge in [0.15, 0.2) is 0 Å². The van der Waals surface area contributed by atoms with E-state index in [0.29, 0.717) is 32.7 Å². The molecule has 0 unspecified atom stereocenters. The molecule has 1 aliphatic carbocycles. The Morgan fingerprint density at radius 2 is 1.90 bits per heavy atom. The van der Waals surface area contributed by atoms with Crippen molar-refractivity contribution >= 4 is 11.9 Å². The van der Waals surface area contributed by atoms with Gasteiger partial charge in [-0.05, 0) is 24.2 Å². The zero-order valence-corrected chi connectivity index (χ0v) is 13.1. The maximum Gasteiger partial charge on any atom is 0.307 e. The highest BCUT2D eigenvalue weighted by Gasteiger charge is 2.35. The summed E-state index contributed by atoms with van der Waals surface area (Å²) in [5, 5.41) is 9.44. The Morgan fingerprint density at radius 3 is 2.43 bits per heavy atom. The van der Waals surface area contributed by atoms with Crippen LogP contribution in [0.3, 0.4) is 0 Å². The number of hydrogen-bond donors (Lipinski definition) is 1. The average molecular weight is 297 g/mol. The molecular weight excluding hydrogens is 270 g/mol. The van der Waals surface area contributed by atoms with Crippen molar-refractivity contribution in [3.8, 4) is 0 Å². The van der Waals surface area contributed by atoms with Crippen molar-refractivity contribution in [2.75, 3.05) is 26.3 Å². The number of carboxylic acid groups (broad SMARTS) is 1. The molecule has 1 aliphatic heterocycles. The molecule has 0 aromatic carbocycles. The summed E-state index contributed by atoms with van der Waals surface area (Å²) in [6, 6.07) is 0. The Morgan fingerprint density at radius 1 is 1.29 bits per heavy atom. The fourth-order valence-electron chi connectivity index (χ4n) is 3.25. The van der Waals surface area contributed by atoms with Gasteiger partial charge >= 0.3 is 5.97 Å². The third kappa shape index (κ3) is 5.30. The number of carbonyl (C=O) groups excluding carboxylic acids is 1. The van der Waals surface area contributed by atoms with E-state index in [1.165, 1.54) is 12.8 Å². The molecule has 1 saturated heterocycles. The van der Waals surface area contributed by atoms with Gasteiger partial charge in [-0.3, -0.25) is 9.59 Å². The number of morpholine rings is 1. The Labute approximate surface area is 126 Å². The van der Waals surface area contributed by atoms with Crippen molar-refractivity contribution in [3.63, 3.8) is 0 Å². The lowest BCUT2D eigenvalue weighted by Gasteiger charge is -2.31. The predicted octanol–water partition coefficient (Wildman–Crippen LogP) is 2.15. The number of ether oxygens (including phenoxy) is 1. The SMILES string of the molecule is CC(C)(CC1CC1)C[C@H](CC(=O)N1CCOCC1)C(=O)O. The summed E-state index contributed by atoms with van der Waals surface area (Å²) in [5.41, 5.74) is -0.00445. The van der Waals surface area contributed by atoms with Gasteiger partial charge in [0.25, 0.3) is 0 Å². The first-order valence-electron chi connectivity index (χ1n) is 7.96. The number of amides is 1. The number of hydrogen-bond acceptors (Lipinski definition) is 3. The highest BCUT2D eigenvalue weighted by Crippen LogP contribution is 2.43. The first kappa shape index (κ1) is 16.3. The lowest BCUT2D eigenvalue weighted by Crippen LogP contribution is -2.42. The molecule has 1 saturated carbocycles. The van der Waals surface area contributed by atoms with Crippen molar-refractivity contribution in [1.82, 2.24) is 4.90 Å². The lowest BCUT2D eigenvalue weighted by atomic mass is 9.77. The molecule has 1 heterocycles. The molecule has 0 bridgehead atoms. The first-order chi connectivity index (χ1) is 9.87. The van der Waals surface area contributed by atoms with Gasteiger partial charge < -0.3 is 14.7 Å². The Balaban J connectivity index is 1.88. The van der Waals surface area contributed by atoms with Gasteiger partial charge in [-0.15, -0.1) is 0 Å². The van der Waals surface area contributed by atoms with Crippen LogP contribution in [-0.4, -0.2) is 48.2 Å². The van der Waals surface area contributed by atoms with Crippen molar-refractivity contribution in [1.29, 1.82) is 0 Å². The minimum atomic E-state index is -0.847. The second-order valence-corrected chi connectivity index (χ2v) is 7.25. The van der Waals surface area contributed by atoms with Crippen LogP contribution in [0, 0.1) is 17.3 Å². The molecule has 1 amide bonds. The molecule has 2 rings (SSSR count). The van der Waals surface area contributed by atoms with Gasteiger partial charge in [0.05, 0.1) is 19.1 Å². The normalized spacial score (nSPS) is 21.1. The zero-order valence-electron chi connectivity index (χ0n) is 13.1. The van der Waals surface area contributed by atoms with Gasteiger partial charge in [0.2, 0.25) is 5.91 Å². The fourth-order valence-corrected chi connectivity index (χ4v) is 3.25. The van der Waals surface area contributed by atoms with Crippen molar-refractivity contribution in [2.45, 2.75) is 46.0 Å². The van der Waals surface area contributed by atoms with E-state index in [1.54, 1.807) is 4.90 Å². The summed E-state index contributed by atoms with van der Waals surface area (Å²) < 4.78 is 5.22. The number of rotatable bonds is 7. The predicted molar refractivity (Wildman–Crippen MR) is 78.9 cm³/mol. The molecule has 2 fully saturated rings. The van der Waals surface area contributed by atoms with Crippen LogP contribution in [0.1, 0.15) is 46.0 Å². The summed E-state index contributed by atoms with van der Waals surface area (Å²) in [6.45, 7) is 6.52. The van der Waals surface area contributed by atoms with Crippen LogP contribution in [0.2, 0.25) is 0 Å². The van der Waals surface area contributed by atoms with Crippen LogP contribution in [0.15, 0.2) is 0 Å². The number of carboxylic acids is 1. The van der Waals surface area contributed by atoms with E-state index >= 15 is 0 Å². The topological polar surface area (TPSA) is 66.8 Å². The summed E-state index contributed by atoms with van der Waals surface area (Å²) in [5.74, 6) is -0.702. The van der Waals surface area contributed by atoms with Gasteiger partial charge in [-0.25, -0.2) is 0 Å². The highest BCUT2D eigenvalue weighted by molar-refractivity contribution is 5.82. The van der Waals surface area contributed by atoms with E-state index in [-0.39, 0.29) is 17.7 Å². The molecule has 21 heavy (non-hydrogen) atoms. The molecule has 1 N–H and O–H groups in total. The summed E-state index contributed by atoms with van der Waals surface area (Å²) in [7, 11) is 0. The average Bonchev–Trinajstić information content (AvgIpc) is 3.21. The van der Waals surface area contributed by atoms with E-state index in [2.05, 4.69) is 13.8 Å². The van der Waals surface area contributed by atoms with Crippen LogP contribution in [0.25, 0.3) is 0 Å². The molecule has 0 radical (unpaired) electrons. The van der Waals surface area contributed by atoms with Crippen molar-refractivity contribution in [2.24, 2.45) is 17.3 Å². The summed E-state index contributed by atoms with van der Waals surface area (Å²) in [4.78, 5) is 25.5. The molecule has 5 heteroatoms. The largest absolute Gasteiger partial charge is 0.481 e. The minimum absolute atomic E-state index is 0.00445. The fraction of sp³-hybridized carbons (Fsp3) is 0.875. The third-order valence-electron chi connectivity index (χ3n) is 4.47. The molecule has 120 valence electrons. The Kier molecular flexibility index (Phi) is 5.25. The smallest absolute Gasteiger partial charge is 0.307 e. The number of aliphatic carboxylic acids is 1. The second kappa shape index (κ2) is 6.77. The van der Waals surface area contributed by atoms with Crippen LogP contribution in [-0.2, 0) is 14.3 Å². The van der Waals surface area contributed by atoms with Gasteiger partial charge in [0.1, 0.15) is 0 Å². The number of carbonyl (C=O) groups is 2. The highest BCUT2D eigenvalue weighted by atomic mass is 16.5. The van der Waals surface area contributed by atoms with Crippen LogP contribution in [0.5, 0.6) is 0 Å². The van der Waals surface area contributed by atoms with E-state index in [4.69, 9.17) is 4.74 Å². The molecule has 2 aliphatic rings. The molecule has 0 aromatic heterocycles.